The average Bonchev–Trinajstić information content (AvgIpc) is 3.76. The van der Waals surface area contributed by atoms with Gasteiger partial charge in [0.15, 0.2) is 0 Å². The summed E-state index contributed by atoms with van der Waals surface area (Å²) in [6.45, 7) is 4.74. The number of hydrogen-bond acceptors (Lipinski definition) is 2. The Labute approximate surface area is 337 Å². The molecule has 1 aliphatic rings. The summed E-state index contributed by atoms with van der Waals surface area (Å²) in [6, 6.07) is 73.8. The molecule has 0 aliphatic heterocycles. The monoisotopic (exact) mass is 745 g/mol. The van der Waals surface area contributed by atoms with Gasteiger partial charge in [-0.25, -0.2) is 0 Å². The molecule has 57 heavy (non-hydrogen) atoms. The van der Waals surface area contributed by atoms with Gasteiger partial charge in [-0.15, -0.1) is 11.3 Å². The third-order valence-corrected chi connectivity index (χ3v) is 13.2. The van der Waals surface area contributed by atoms with Gasteiger partial charge in [-0.3, -0.25) is 0 Å². The van der Waals surface area contributed by atoms with Crippen LogP contribution in [0.15, 0.2) is 200 Å². The number of anilines is 3. The molecule has 0 saturated carbocycles. The first kappa shape index (κ1) is 33.6. The van der Waals surface area contributed by atoms with E-state index >= 15 is 0 Å². The van der Waals surface area contributed by atoms with E-state index < -0.39 is 0 Å². The quantitative estimate of drug-likeness (QED) is 0.164. The fraction of sp³-hybridized carbons (Fsp3) is 0.0545. The number of nitrogens with zero attached hydrogens (tertiary/aromatic N) is 1. The lowest BCUT2D eigenvalue weighted by molar-refractivity contribution is 0.662. The van der Waals surface area contributed by atoms with Gasteiger partial charge < -0.3 is 4.90 Å². The Bertz CT molecular complexity index is 3160. The van der Waals surface area contributed by atoms with Crippen LogP contribution >= 0.6 is 11.3 Å². The van der Waals surface area contributed by atoms with Gasteiger partial charge in [0.05, 0.1) is 5.69 Å². The third-order valence-electron chi connectivity index (χ3n) is 12.0. The summed E-state index contributed by atoms with van der Waals surface area (Å²) in [5.41, 5.74) is 16.2. The standard InChI is InChI=1S/C55H39NS/c1-55(2)49-26-7-5-21-46(49)47-25-12-24-45(54(47)55)37-30-32-41(33-31-37)56(50-27-13-29-52-53(50)48-22-6-8-28-51(48)57-52)42-19-10-17-39(35-42)38-16-9-18-40(34-38)44-23-11-15-36-14-3-4-20-43(36)44/h3-35H,1-2H3. The topological polar surface area (TPSA) is 3.24 Å². The Morgan fingerprint density at radius 3 is 1.91 bits per heavy atom. The van der Waals surface area contributed by atoms with Crippen molar-refractivity contribution in [2.45, 2.75) is 19.3 Å². The molecule has 0 radical (unpaired) electrons. The SMILES string of the molecule is CC1(C)c2ccccc2-c2cccc(-c3ccc(N(c4cccc(-c5cccc(-c6cccc7ccccc67)c5)c4)c4cccc5sc6ccccc6c45)cc3)c21. The number of rotatable bonds is 6. The fourth-order valence-electron chi connectivity index (χ4n) is 9.42. The highest BCUT2D eigenvalue weighted by Crippen LogP contribution is 2.52. The first-order chi connectivity index (χ1) is 28.0. The second kappa shape index (κ2) is 13.2. The summed E-state index contributed by atoms with van der Waals surface area (Å²) in [4.78, 5) is 2.46. The molecular weight excluding hydrogens is 707 g/mol. The van der Waals surface area contributed by atoms with Gasteiger partial charge in [0.1, 0.15) is 0 Å². The van der Waals surface area contributed by atoms with E-state index in [2.05, 4.69) is 219 Å². The summed E-state index contributed by atoms with van der Waals surface area (Å²) in [7, 11) is 0. The zero-order valence-corrected chi connectivity index (χ0v) is 32.7. The predicted molar refractivity (Wildman–Crippen MR) is 245 cm³/mol. The van der Waals surface area contributed by atoms with Crippen molar-refractivity contribution in [2.24, 2.45) is 0 Å². The highest BCUT2D eigenvalue weighted by molar-refractivity contribution is 7.26. The van der Waals surface area contributed by atoms with Crippen LogP contribution in [-0.2, 0) is 5.41 Å². The van der Waals surface area contributed by atoms with Crippen LogP contribution in [0.4, 0.5) is 17.1 Å². The third kappa shape index (κ3) is 5.44. The van der Waals surface area contributed by atoms with Gasteiger partial charge in [0.25, 0.3) is 0 Å². The first-order valence-corrected chi connectivity index (χ1v) is 20.6. The lowest BCUT2D eigenvalue weighted by atomic mass is 9.79. The summed E-state index contributed by atoms with van der Waals surface area (Å²) >= 11 is 1.86. The molecule has 0 saturated heterocycles. The molecule has 0 spiro atoms. The Hall–Kier alpha value is -6.74. The van der Waals surface area contributed by atoms with Crippen molar-refractivity contribution in [1.82, 2.24) is 0 Å². The minimum atomic E-state index is -0.0891. The minimum absolute atomic E-state index is 0.0891. The predicted octanol–water partition coefficient (Wildman–Crippen LogP) is 16.0. The smallest absolute Gasteiger partial charge is 0.0554 e. The molecule has 0 atom stereocenters. The summed E-state index contributed by atoms with van der Waals surface area (Å²) < 4.78 is 2.59. The Kier molecular flexibility index (Phi) is 7.77. The van der Waals surface area contributed by atoms with E-state index in [0.717, 1.165) is 11.4 Å². The maximum absolute atomic E-state index is 2.46. The van der Waals surface area contributed by atoms with Crippen molar-refractivity contribution in [3.8, 4) is 44.5 Å². The molecule has 2 heteroatoms. The van der Waals surface area contributed by atoms with Crippen LogP contribution in [0.5, 0.6) is 0 Å². The molecule has 9 aromatic carbocycles. The van der Waals surface area contributed by atoms with Gasteiger partial charge in [-0.2, -0.15) is 0 Å². The van der Waals surface area contributed by atoms with Crippen LogP contribution in [0.25, 0.3) is 75.5 Å². The van der Waals surface area contributed by atoms with Gasteiger partial charge in [-0.1, -0.05) is 166 Å². The van der Waals surface area contributed by atoms with E-state index in [4.69, 9.17) is 0 Å². The van der Waals surface area contributed by atoms with Crippen molar-refractivity contribution in [3.05, 3.63) is 211 Å². The molecule has 0 unspecified atom stereocenters. The molecule has 1 aliphatic carbocycles. The van der Waals surface area contributed by atoms with Crippen molar-refractivity contribution in [2.75, 3.05) is 4.90 Å². The zero-order valence-electron chi connectivity index (χ0n) is 31.9. The lowest BCUT2D eigenvalue weighted by Crippen LogP contribution is -2.16. The largest absolute Gasteiger partial charge is 0.310 e. The van der Waals surface area contributed by atoms with Crippen molar-refractivity contribution < 1.29 is 0 Å². The summed E-state index contributed by atoms with van der Waals surface area (Å²) in [5.74, 6) is 0. The van der Waals surface area contributed by atoms with Gasteiger partial charge in [0, 0.05) is 37.0 Å². The van der Waals surface area contributed by atoms with Crippen LogP contribution in [0.2, 0.25) is 0 Å². The summed E-state index contributed by atoms with van der Waals surface area (Å²) in [5, 5.41) is 5.09. The fourth-order valence-corrected chi connectivity index (χ4v) is 10.5. The molecule has 10 aromatic rings. The maximum Gasteiger partial charge on any atom is 0.0554 e. The molecule has 11 rings (SSSR count). The number of fused-ring (bicyclic) bond motifs is 7. The molecule has 0 fully saturated rings. The molecule has 270 valence electrons. The van der Waals surface area contributed by atoms with Gasteiger partial charge in [0.2, 0.25) is 0 Å². The Morgan fingerprint density at radius 2 is 1.02 bits per heavy atom. The van der Waals surface area contributed by atoms with E-state index in [1.165, 1.54) is 92.3 Å². The van der Waals surface area contributed by atoms with E-state index in [-0.39, 0.29) is 5.41 Å². The van der Waals surface area contributed by atoms with Crippen LogP contribution in [-0.4, -0.2) is 0 Å². The van der Waals surface area contributed by atoms with E-state index in [0.29, 0.717) is 0 Å². The molecule has 0 N–H and O–H groups in total. The number of benzene rings is 9. The van der Waals surface area contributed by atoms with Crippen LogP contribution < -0.4 is 4.90 Å². The molecular formula is C55H39NS. The maximum atomic E-state index is 2.46. The van der Waals surface area contributed by atoms with E-state index in [9.17, 15) is 0 Å². The second-order valence-corrected chi connectivity index (χ2v) is 16.8. The van der Waals surface area contributed by atoms with Gasteiger partial charge in [-0.05, 0) is 115 Å². The van der Waals surface area contributed by atoms with Crippen molar-refractivity contribution in [1.29, 1.82) is 0 Å². The van der Waals surface area contributed by atoms with Crippen molar-refractivity contribution >= 4 is 59.3 Å². The van der Waals surface area contributed by atoms with Gasteiger partial charge >= 0.3 is 0 Å². The Morgan fingerprint density at radius 1 is 0.404 bits per heavy atom. The number of hydrogen-bond donors (Lipinski definition) is 0. The van der Waals surface area contributed by atoms with Crippen LogP contribution in [0, 0.1) is 0 Å². The lowest BCUT2D eigenvalue weighted by Gasteiger charge is -2.28. The molecule has 1 aromatic heterocycles. The highest BCUT2D eigenvalue weighted by atomic mass is 32.1. The zero-order chi connectivity index (χ0) is 38.1. The molecule has 0 amide bonds. The van der Waals surface area contributed by atoms with E-state index in [1.807, 2.05) is 11.3 Å². The molecule has 1 heterocycles. The average molecular weight is 746 g/mol. The highest BCUT2D eigenvalue weighted by Gasteiger charge is 2.37. The Balaban J connectivity index is 1.06. The molecule has 0 bridgehead atoms. The number of thiophene rings is 1. The summed E-state index contributed by atoms with van der Waals surface area (Å²) in [6.07, 6.45) is 0. The first-order valence-electron chi connectivity index (χ1n) is 19.8. The van der Waals surface area contributed by atoms with Crippen LogP contribution in [0.1, 0.15) is 25.0 Å². The van der Waals surface area contributed by atoms with Crippen LogP contribution in [0.3, 0.4) is 0 Å². The second-order valence-electron chi connectivity index (χ2n) is 15.7. The normalized spacial score (nSPS) is 12.9. The minimum Gasteiger partial charge on any atom is -0.310 e. The molecule has 1 nitrogen and oxygen atoms in total. The van der Waals surface area contributed by atoms with E-state index in [1.54, 1.807) is 0 Å². The van der Waals surface area contributed by atoms with Crippen molar-refractivity contribution in [3.63, 3.8) is 0 Å².